The minimum absolute atomic E-state index is 0.0197. The van der Waals surface area contributed by atoms with Crippen LogP contribution >= 0.6 is 0 Å². The fourth-order valence-electron chi connectivity index (χ4n) is 2.55. The van der Waals surface area contributed by atoms with Crippen molar-refractivity contribution in [1.82, 2.24) is 9.97 Å². The summed E-state index contributed by atoms with van der Waals surface area (Å²) in [6.45, 7) is 4.47. The largest absolute Gasteiger partial charge is 0.477 e. The van der Waals surface area contributed by atoms with Crippen molar-refractivity contribution in [2.24, 2.45) is 5.41 Å². The van der Waals surface area contributed by atoms with Crippen LogP contribution in [0.15, 0.2) is 12.3 Å². The molecule has 0 unspecified atom stereocenters. The maximum absolute atomic E-state index is 11.0. The van der Waals surface area contributed by atoms with Gasteiger partial charge in [-0.2, -0.15) is 0 Å². The number of carboxylic acid groups (broad SMARTS) is 1. The number of rotatable bonds is 3. The molecule has 0 amide bonds. The van der Waals surface area contributed by atoms with Crippen molar-refractivity contribution in [3.63, 3.8) is 0 Å². The molecule has 1 aromatic heterocycles. The maximum atomic E-state index is 11.0. The van der Waals surface area contributed by atoms with Gasteiger partial charge in [0.25, 0.3) is 0 Å². The lowest BCUT2D eigenvalue weighted by Gasteiger charge is -2.41. The molecule has 1 heterocycles. The van der Waals surface area contributed by atoms with E-state index in [-0.39, 0.29) is 5.69 Å². The van der Waals surface area contributed by atoms with E-state index in [9.17, 15) is 4.79 Å². The van der Waals surface area contributed by atoms with Crippen LogP contribution < -0.4 is 0 Å². The van der Waals surface area contributed by atoms with Gasteiger partial charge < -0.3 is 9.84 Å². The summed E-state index contributed by atoms with van der Waals surface area (Å²) in [5.41, 5.74) is -0.223. The Balaban J connectivity index is 2.32. The number of ether oxygens (including phenoxy) is 1. The highest BCUT2D eigenvalue weighted by atomic mass is 16.5. The van der Waals surface area contributed by atoms with E-state index in [1.54, 1.807) is 7.11 Å². The molecule has 19 heavy (non-hydrogen) atoms. The predicted molar refractivity (Wildman–Crippen MR) is 69.9 cm³/mol. The summed E-state index contributed by atoms with van der Waals surface area (Å²) in [4.78, 5) is 19.4. The zero-order valence-corrected chi connectivity index (χ0v) is 11.6. The highest BCUT2D eigenvalue weighted by molar-refractivity contribution is 5.85. The van der Waals surface area contributed by atoms with Gasteiger partial charge in [-0.05, 0) is 37.2 Å². The second kappa shape index (κ2) is 4.89. The summed E-state index contributed by atoms with van der Waals surface area (Å²) < 4.78 is 5.67. The summed E-state index contributed by atoms with van der Waals surface area (Å²) in [6.07, 6.45) is 5.16. The van der Waals surface area contributed by atoms with Crippen LogP contribution in [0.2, 0.25) is 0 Å². The molecule has 104 valence electrons. The molecule has 0 saturated heterocycles. The Hall–Kier alpha value is -1.49. The third-order valence-electron chi connectivity index (χ3n) is 4.08. The minimum Gasteiger partial charge on any atom is -0.477 e. The van der Waals surface area contributed by atoms with E-state index in [1.165, 1.54) is 12.3 Å². The molecular weight excluding hydrogens is 244 g/mol. The van der Waals surface area contributed by atoms with Crippen molar-refractivity contribution in [3.8, 4) is 0 Å². The van der Waals surface area contributed by atoms with E-state index >= 15 is 0 Å². The Morgan fingerprint density at radius 2 is 1.95 bits per heavy atom. The summed E-state index contributed by atoms with van der Waals surface area (Å²) in [6, 6.07) is 1.40. The van der Waals surface area contributed by atoms with Crippen LogP contribution in [0.25, 0.3) is 0 Å². The van der Waals surface area contributed by atoms with Crippen molar-refractivity contribution in [3.05, 3.63) is 23.8 Å². The molecule has 5 heteroatoms. The zero-order valence-electron chi connectivity index (χ0n) is 11.6. The standard InChI is InChI=1S/C14H20N2O3/c1-13(2)5-7-14(19-3,8-6-13)12-15-9-4-10(16-12)11(17)18/h4,9H,5-8H2,1-3H3,(H,17,18). The third kappa shape index (κ3) is 2.76. The quantitative estimate of drug-likeness (QED) is 0.908. The van der Waals surface area contributed by atoms with E-state index in [0.717, 1.165) is 25.7 Å². The summed E-state index contributed by atoms with van der Waals surface area (Å²) in [5, 5.41) is 9.02. The van der Waals surface area contributed by atoms with Crippen LogP contribution in [0, 0.1) is 5.41 Å². The number of aromatic carboxylic acids is 1. The number of hydrogen-bond donors (Lipinski definition) is 1. The van der Waals surface area contributed by atoms with Crippen LogP contribution in [-0.2, 0) is 10.3 Å². The smallest absolute Gasteiger partial charge is 0.354 e. The Kier molecular flexibility index (Phi) is 3.58. The average molecular weight is 264 g/mol. The maximum Gasteiger partial charge on any atom is 0.354 e. The molecule has 0 spiro atoms. The van der Waals surface area contributed by atoms with Crippen molar-refractivity contribution < 1.29 is 14.6 Å². The number of aromatic nitrogens is 2. The van der Waals surface area contributed by atoms with Crippen molar-refractivity contribution in [2.45, 2.75) is 45.1 Å². The van der Waals surface area contributed by atoms with Gasteiger partial charge in [0.2, 0.25) is 0 Å². The van der Waals surface area contributed by atoms with Gasteiger partial charge in [-0.3, -0.25) is 0 Å². The van der Waals surface area contributed by atoms with Gasteiger partial charge in [0.15, 0.2) is 11.5 Å². The molecule has 2 rings (SSSR count). The molecule has 0 atom stereocenters. The van der Waals surface area contributed by atoms with E-state index in [1.807, 2.05) is 0 Å². The summed E-state index contributed by atoms with van der Waals surface area (Å²) >= 11 is 0. The molecule has 1 fully saturated rings. The lowest BCUT2D eigenvalue weighted by atomic mass is 9.70. The summed E-state index contributed by atoms with van der Waals surface area (Å²) in [7, 11) is 1.65. The molecule has 0 aromatic carbocycles. The molecule has 1 aliphatic carbocycles. The molecule has 5 nitrogen and oxygen atoms in total. The molecule has 1 saturated carbocycles. The molecule has 0 bridgehead atoms. The van der Waals surface area contributed by atoms with Crippen LogP contribution in [0.4, 0.5) is 0 Å². The first-order chi connectivity index (χ1) is 8.88. The van der Waals surface area contributed by atoms with Gasteiger partial charge in [-0.1, -0.05) is 13.8 Å². The Morgan fingerprint density at radius 3 is 2.47 bits per heavy atom. The first-order valence-electron chi connectivity index (χ1n) is 6.51. The second-order valence-electron chi connectivity index (χ2n) is 5.93. The molecule has 0 radical (unpaired) electrons. The fourth-order valence-corrected chi connectivity index (χ4v) is 2.55. The lowest BCUT2D eigenvalue weighted by molar-refractivity contribution is -0.0730. The first-order valence-corrected chi connectivity index (χ1v) is 6.51. The molecule has 1 aromatic rings. The number of nitrogens with zero attached hydrogens (tertiary/aromatic N) is 2. The van der Waals surface area contributed by atoms with Gasteiger partial charge in [-0.25, -0.2) is 14.8 Å². The number of carboxylic acids is 1. The van der Waals surface area contributed by atoms with Crippen LogP contribution in [0.3, 0.4) is 0 Å². The monoisotopic (exact) mass is 264 g/mol. The second-order valence-corrected chi connectivity index (χ2v) is 5.93. The third-order valence-corrected chi connectivity index (χ3v) is 4.08. The van der Waals surface area contributed by atoms with Gasteiger partial charge >= 0.3 is 5.97 Å². The van der Waals surface area contributed by atoms with Gasteiger partial charge in [0, 0.05) is 13.3 Å². The highest BCUT2D eigenvalue weighted by Gasteiger charge is 2.42. The minimum atomic E-state index is -1.04. The number of hydrogen-bond acceptors (Lipinski definition) is 4. The van der Waals surface area contributed by atoms with Crippen LogP contribution in [0.1, 0.15) is 55.8 Å². The molecule has 1 N–H and O–H groups in total. The Morgan fingerprint density at radius 1 is 1.32 bits per heavy atom. The van der Waals surface area contributed by atoms with Gasteiger partial charge in [0.05, 0.1) is 0 Å². The number of carbonyl (C=O) groups is 1. The SMILES string of the molecule is COC1(c2nccc(C(=O)O)n2)CCC(C)(C)CC1. The average Bonchev–Trinajstić information content (AvgIpc) is 2.39. The summed E-state index contributed by atoms with van der Waals surface area (Å²) in [5.74, 6) is -0.545. The molecular formula is C14H20N2O3. The Labute approximate surface area is 113 Å². The Bertz CT molecular complexity index is 475. The molecule has 0 aliphatic heterocycles. The normalized spacial score (nSPS) is 21.0. The molecule has 1 aliphatic rings. The fraction of sp³-hybridized carbons (Fsp3) is 0.643. The van der Waals surface area contributed by atoms with Crippen LogP contribution in [-0.4, -0.2) is 28.2 Å². The van der Waals surface area contributed by atoms with Crippen molar-refractivity contribution >= 4 is 5.97 Å². The van der Waals surface area contributed by atoms with Crippen molar-refractivity contribution in [1.29, 1.82) is 0 Å². The zero-order chi connectivity index (χ0) is 14.1. The topological polar surface area (TPSA) is 72.3 Å². The van der Waals surface area contributed by atoms with Gasteiger partial charge in [0.1, 0.15) is 5.60 Å². The van der Waals surface area contributed by atoms with Gasteiger partial charge in [-0.15, -0.1) is 0 Å². The van der Waals surface area contributed by atoms with E-state index in [0.29, 0.717) is 11.2 Å². The van der Waals surface area contributed by atoms with Crippen LogP contribution in [0.5, 0.6) is 0 Å². The number of methoxy groups -OCH3 is 1. The van der Waals surface area contributed by atoms with E-state index < -0.39 is 11.6 Å². The van der Waals surface area contributed by atoms with E-state index in [4.69, 9.17) is 9.84 Å². The van der Waals surface area contributed by atoms with E-state index in [2.05, 4.69) is 23.8 Å². The first kappa shape index (κ1) is 13.9. The lowest BCUT2D eigenvalue weighted by Crippen LogP contribution is -2.38. The highest BCUT2D eigenvalue weighted by Crippen LogP contribution is 2.45. The van der Waals surface area contributed by atoms with Crippen molar-refractivity contribution in [2.75, 3.05) is 7.11 Å². The predicted octanol–water partition coefficient (Wildman–Crippen LogP) is 2.62.